The molecule has 0 unspecified atom stereocenters. The number of hydrogen-bond donors (Lipinski definition) is 0. The second-order valence-corrected chi connectivity index (χ2v) is 6.47. The molecule has 0 aliphatic carbocycles. The summed E-state index contributed by atoms with van der Waals surface area (Å²) in [6.07, 6.45) is 1.85. The van der Waals surface area contributed by atoms with E-state index in [1.54, 1.807) is 0 Å². The average molecular weight is 335 g/mol. The number of ether oxygens (including phenoxy) is 1. The predicted octanol–water partition coefficient (Wildman–Crippen LogP) is 2.87. The summed E-state index contributed by atoms with van der Waals surface area (Å²) in [6.45, 7) is 5.30. The highest BCUT2D eigenvalue weighted by Crippen LogP contribution is 2.19. The number of benzene rings is 2. The SMILES string of the molecule is Cc1ccc(Cn2ncc3ccc(C(=O)N4CCOCC4)cc32)cc1. The van der Waals surface area contributed by atoms with Crippen LogP contribution in [-0.4, -0.2) is 46.9 Å². The Balaban J connectivity index is 1.63. The van der Waals surface area contributed by atoms with Crippen LogP contribution in [0.4, 0.5) is 0 Å². The van der Waals surface area contributed by atoms with E-state index < -0.39 is 0 Å². The zero-order chi connectivity index (χ0) is 17.2. The third kappa shape index (κ3) is 3.28. The molecule has 128 valence electrons. The Morgan fingerprint density at radius 2 is 1.88 bits per heavy atom. The van der Waals surface area contributed by atoms with E-state index in [4.69, 9.17) is 4.74 Å². The van der Waals surface area contributed by atoms with Gasteiger partial charge in [0, 0.05) is 24.0 Å². The number of morpholine rings is 1. The molecule has 0 atom stereocenters. The fraction of sp³-hybridized carbons (Fsp3) is 0.300. The third-order valence-electron chi connectivity index (χ3n) is 4.64. The van der Waals surface area contributed by atoms with E-state index in [9.17, 15) is 4.79 Å². The van der Waals surface area contributed by atoms with Crippen LogP contribution < -0.4 is 0 Å². The van der Waals surface area contributed by atoms with Gasteiger partial charge in [-0.15, -0.1) is 0 Å². The minimum absolute atomic E-state index is 0.0632. The van der Waals surface area contributed by atoms with Crippen LogP contribution in [0.15, 0.2) is 48.7 Å². The van der Waals surface area contributed by atoms with Gasteiger partial charge in [0.2, 0.25) is 0 Å². The lowest BCUT2D eigenvalue weighted by Gasteiger charge is -2.26. The molecule has 25 heavy (non-hydrogen) atoms. The molecule has 0 radical (unpaired) electrons. The van der Waals surface area contributed by atoms with Gasteiger partial charge in [0.1, 0.15) is 0 Å². The zero-order valence-electron chi connectivity index (χ0n) is 14.3. The molecular weight excluding hydrogens is 314 g/mol. The summed E-state index contributed by atoms with van der Waals surface area (Å²) in [6, 6.07) is 14.3. The average Bonchev–Trinajstić information content (AvgIpc) is 3.06. The summed E-state index contributed by atoms with van der Waals surface area (Å²) in [5, 5.41) is 5.54. The molecule has 0 saturated carbocycles. The number of nitrogens with zero attached hydrogens (tertiary/aromatic N) is 3. The molecule has 4 rings (SSSR count). The fourth-order valence-electron chi connectivity index (χ4n) is 3.14. The van der Waals surface area contributed by atoms with Gasteiger partial charge in [0.05, 0.1) is 31.5 Å². The topological polar surface area (TPSA) is 47.4 Å². The minimum atomic E-state index is 0.0632. The van der Waals surface area contributed by atoms with E-state index in [0.717, 1.165) is 10.9 Å². The maximum Gasteiger partial charge on any atom is 0.254 e. The second-order valence-electron chi connectivity index (χ2n) is 6.47. The van der Waals surface area contributed by atoms with E-state index in [1.807, 2.05) is 34.0 Å². The van der Waals surface area contributed by atoms with Crippen molar-refractivity contribution in [2.24, 2.45) is 0 Å². The molecule has 1 aliphatic rings. The summed E-state index contributed by atoms with van der Waals surface area (Å²) >= 11 is 0. The summed E-state index contributed by atoms with van der Waals surface area (Å²) in [5.74, 6) is 0.0632. The maximum absolute atomic E-state index is 12.7. The summed E-state index contributed by atoms with van der Waals surface area (Å²) in [5.41, 5.74) is 4.13. The van der Waals surface area contributed by atoms with Gasteiger partial charge in [0.25, 0.3) is 5.91 Å². The van der Waals surface area contributed by atoms with Crippen molar-refractivity contribution in [2.75, 3.05) is 26.3 Å². The Bertz CT molecular complexity index is 893. The van der Waals surface area contributed by atoms with Crippen molar-refractivity contribution in [2.45, 2.75) is 13.5 Å². The first-order chi connectivity index (χ1) is 12.2. The molecule has 2 heterocycles. The summed E-state index contributed by atoms with van der Waals surface area (Å²) in [7, 11) is 0. The van der Waals surface area contributed by atoms with Crippen LogP contribution in [0.25, 0.3) is 10.9 Å². The van der Waals surface area contributed by atoms with Gasteiger partial charge in [-0.25, -0.2) is 0 Å². The van der Waals surface area contributed by atoms with Gasteiger partial charge in [-0.3, -0.25) is 9.48 Å². The van der Waals surface area contributed by atoms with Gasteiger partial charge in [-0.2, -0.15) is 5.10 Å². The van der Waals surface area contributed by atoms with E-state index in [-0.39, 0.29) is 5.91 Å². The molecule has 2 aromatic carbocycles. The lowest BCUT2D eigenvalue weighted by Crippen LogP contribution is -2.40. The normalized spacial score (nSPS) is 14.8. The Morgan fingerprint density at radius 3 is 2.64 bits per heavy atom. The van der Waals surface area contributed by atoms with Crippen LogP contribution >= 0.6 is 0 Å². The summed E-state index contributed by atoms with van der Waals surface area (Å²) < 4.78 is 7.28. The predicted molar refractivity (Wildman–Crippen MR) is 96.7 cm³/mol. The molecule has 1 aromatic heterocycles. The van der Waals surface area contributed by atoms with Gasteiger partial charge < -0.3 is 9.64 Å². The third-order valence-corrected chi connectivity index (χ3v) is 4.64. The van der Waals surface area contributed by atoms with Gasteiger partial charge in [0.15, 0.2) is 0 Å². The van der Waals surface area contributed by atoms with Crippen molar-refractivity contribution >= 4 is 16.8 Å². The largest absolute Gasteiger partial charge is 0.378 e. The smallest absolute Gasteiger partial charge is 0.254 e. The Kier molecular flexibility index (Phi) is 4.24. The number of hydrogen-bond acceptors (Lipinski definition) is 3. The van der Waals surface area contributed by atoms with Crippen molar-refractivity contribution < 1.29 is 9.53 Å². The van der Waals surface area contributed by atoms with Gasteiger partial charge in [-0.05, 0) is 24.6 Å². The maximum atomic E-state index is 12.7. The van der Waals surface area contributed by atoms with E-state index in [1.165, 1.54) is 11.1 Å². The molecule has 5 heteroatoms. The molecular formula is C20H21N3O2. The number of fused-ring (bicyclic) bond motifs is 1. The molecule has 0 spiro atoms. The highest BCUT2D eigenvalue weighted by Gasteiger charge is 2.19. The molecule has 0 N–H and O–H groups in total. The first kappa shape index (κ1) is 15.8. The van der Waals surface area contributed by atoms with Gasteiger partial charge >= 0.3 is 0 Å². The Morgan fingerprint density at radius 1 is 1.12 bits per heavy atom. The van der Waals surface area contributed by atoms with Crippen molar-refractivity contribution in [3.05, 3.63) is 65.4 Å². The standard InChI is InChI=1S/C20H21N3O2/c1-15-2-4-16(5-3-15)14-23-19-12-17(6-7-18(19)13-21-23)20(24)22-8-10-25-11-9-22/h2-7,12-13H,8-11,14H2,1H3. The lowest BCUT2D eigenvalue weighted by molar-refractivity contribution is 0.0303. The monoisotopic (exact) mass is 335 g/mol. The molecule has 1 aliphatic heterocycles. The molecule has 1 fully saturated rings. The van der Waals surface area contributed by atoms with Crippen LogP contribution in [-0.2, 0) is 11.3 Å². The number of aryl methyl sites for hydroxylation is 1. The Hall–Kier alpha value is -2.66. The molecule has 1 saturated heterocycles. The molecule has 1 amide bonds. The van der Waals surface area contributed by atoms with Crippen LogP contribution in [0, 0.1) is 6.92 Å². The number of rotatable bonds is 3. The van der Waals surface area contributed by atoms with E-state index in [0.29, 0.717) is 38.4 Å². The van der Waals surface area contributed by atoms with Crippen molar-refractivity contribution in [1.29, 1.82) is 0 Å². The zero-order valence-corrected chi connectivity index (χ0v) is 14.3. The number of carbonyl (C=O) groups is 1. The first-order valence-corrected chi connectivity index (χ1v) is 8.59. The first-order valence-electron chi connectivity index (χ1n) is 8.59. The van der Waals surface area contributed by atoms with Crippen molar-refractivity contribution in [3.8, 4) is 0 Å². The van der Waals surface area contributed by atoms with Crippen LogP contribution in [0.1, 0.15) is 21.5 Å². The number of carbonyl (C=O) groups excluding carboxylic acids is 1. The van der Waals surface area contributed by atoms with Crippen molar-refractivity contribution in [1.82, 2.24) is 14.7 Å². The lowest BCUT2D eigenvalue weighted by atomic mass is 10.1. The minimum Gasteiger partial charge on any atom is -0.378 e. The van der Waals surface area contributed by atoms with Crippen molar-refractivity contribution in [3.63, 3.8) is 0 Å². The fourth-order valence-corrected chi connectivity index (χ4v) is 3.14. The van der Waals surface area contributed by atoms with Gasteiger partial charge in [-0.1, -0.05) is 35.9 Å². The highest BCUT2D eigenvalue weighted by molar-refractivity contribution is 5.97. The van der Waals surface area contributed by atoms with Crippen LogP contribution in [0.3, 0.4) is 0 Å². The molecule has 5 nitrogen and oxygen atoms in total. The highest BCUT2D eigenvalue weighted by atomic mass is 16.5. The molecule has 3 aromatic rings. The quantitative estimate of drug-likeness (QED) is 0.739. The van der Waals surface area contributed by atoms with Crippen LogP contribution in [0.5, 0.6) is 0 Å². The Labute approximate surface area is 146 Å². The summed E-state index contributed by atoms with van der Waals surface area (Å²) in [4.78, 5) is 14.6. The number of aromatic nitrogens is 2. The second kappa shape index (κ2) is 6.69. The number of amides is 1. The van der Waals surface area contributed by atoms with Crippen LogP contribution in [0.2, 0.25) is 0 Å². The van der Waals surface area contributed by atoms with E-state index >= 15 is 0 Å². The van der Waals surface area contributed by atoms with E-state index in [2.05, 4.69) is 36.3 Å². The molecule has 0 bridgehead atoms.